The fraction of sp³-hybridized carbons (Fsp3) is 0.818. The molecule has 0 aliphatic rings. The average Bonchev–Trinajstić information content (AvgIpc) is 2.25. The molecular weight excluding hydrogens is 240 g/mol. The predicted octanol–water partition coefficient (Wildman–Crippen LogP) is 1.63. The molecule has 0 saturated heterocycles. The first kappa shape index (κ1) is 16.1. The van der Waals surface area contributed by atoms with Crippen LogP contribution in [0.25, 0.3) is 0 Å². The molecular formula is C11H22N2O3S. The van der Waals surface area contributed by atoms with Crippen LogP contribution in [0.15, 0.2) is 0 Å². The van der Waals surface area contributed by atoms with E-state index in [1.807, 2.05) is 27.0 Å². The van der Waals surface area contributed by atoms with E-state index in [2.05, 4.69) is 5.32 Å². The Hall–Kier alpha value is -0.910. The Morgan fingerprint density at radius 3 is 2.35 bits per heavy atom. The molecule has 0 aromatic carbocycles. The maximum absolute atomic E-state index is 11.8. The van der Waals surface area contributed by atoms with Crippen LogP contribution in [0.3, 0.4) is 0 Å². The number of rotatable bonds is 7. The number of thioether (sulfide) groups is 1. The Balaban J connectivity index is 4.20. The molecule has 0 aromatic rings. The van der Waals surface area contributed by atoms with Crippen molar-refractivity contribution in [3.05, 3.63) is 0 Å². The third kappa shape index (κ3) is 7.10. The highest BCUT2D eigenvalue weighted by Gasteiger charge is 2.17. The van der Waals surface area contributed by atoms with Crippen LogP contribution in [0, 0.1) is 0 Å². The van der Waals surface area contributed by atoms with Crippen molar-refractivity contribution in [3.8, 4) is 0 Å². The number of carboxylic acid groups (broad SMARTS) is 1. The van der Waals surface area contributed by atoms with Crippen LogP contribution in [-0.2, 0) is 4.79 Å². The van der Waals surface area contributed by atoms with E-state index in [1.54, 1.807) is 16.7 Å². The summed E-state index contributed by atoms with van der Waals surface area (Å²) in [6.45, 7) is 6.61. The monoisotopic (exact) mass is 262 g/mol. The van der Waals surface area contributed by atoms with Gasteiger partial charge in [-0.3, -0.25) is 4.79 Å². The minimum absolute atomic E-state index is 0.000985. The molecule has 6 heteroatoms. The molecule has 2 amide bonds. The zero-order valence-corrected chi connectivity index (χ0v) is 11.7. The topological polar surface area (TPSA) is 69.6 Å². The van der Waals surface area contributed by atoms with Gasteiger partial charge in [-0.15, -0.1) is 0 Å². The second-order valence-corrected chi connectivity index (χ2v) is 5.44. The van der Waals surface area contributed by atoms with Crippen molar-refractivity contribution < 1.29 is 14.7 Å². The van der Waals surface area contributed by atoms with Crippen LogP contribution in [-0.4, -0.2) is 52.6 Å². The van der Waals surface area contributed by atoms with Gasteiger partial charge in [0.05, 0.1) is 6.42 Å². The molecule has 100 valence electrons. The van der Waals surface area contributed by atoms with Crippen LogP contribution in [0.1, 0.15) is 27.2 Å². The Morgan fingerprint density at radius 2 is 1.94 bits per heavy atom. The number of nitrogens with one attached hydrogen (secondary N) is 1. The Kier molecular flexibility index (Phi) is 7.78. The molecule has 0 radical (unpaired) electrons. The Bertz CT molecular complexity index is 259. The number of hydrogen-bond acceptors (Lipinski definition) is 3. The summed E-state index contributed by atoms with van der Waals surface area (Å²) < 4.78 is 0. The molecule has 1 unspecified atom stereocenters. The molecule has 2 N–H and O–H groups in total. The summed E-state index contributed by atoms with van der Waals surface area (Å²) in [5.41, 5.74) is 0. The fourth-order valence-electron chi connectivity index (χ4n) is 1.23. The molecule has 0 aliphatic carbocycles. The van der Waals surface area contributed by atoms with Gasteiger partial charge in [-0.25, -0.2) is 4.79 Å². The van der Waals surface area contributed by atoms with E-state index in [0.29, 0.717) is 11.8 Å². The molecule has 0 fully saturated rings. The van der Waals surface area contributed by atoms with E-state index in [0.717, 1.165) is 0 Å². The molecule has 17 heavy (non-hydrogen) atoms. The normalized spacial score (nSPS) is 12.3. The van der Waals surface area contributed by atoms with Gasteiger partial charge in [0.1, 0.15) is 0 Å². The summed E-state index contributed by atoms with van der Waals surface area (Å²) in [5.74, 6) is -0.888. The highest BCUT2D eigenvalue weighted by atomic mass is 32.2. The molecule has 5 nitrogen and oxygen atoms in total. The van der Waals surface area contributed by atoms with Crippen molar-refractivity contribution in [1.29, 1.82) is 0 Å². The van der Waals surface area contributed by atoms with Gasteiger partial charge in [0.2, 0.25) is 0 Å². The largest absolute Gasteiger partial charge is 0.481 e. The number of urea groups is 1. The first-order valence-electron chi connectivity index (χ1n) is 5.67. The third-order valence-electron chi connectivity index (χ3n) is 2.39. The number of carboxylic acids is 1. The molecule has 0 bridgehead atoms. The number of hydrogen-bond donors (Lipinski definition) is 2. The summed E-state index contributed by atoms with van der Waals surface area (Å²) >= 11 is 1.68. The Labute approximate surface area is 107 Å². The SMILES string of the molecule is CSC(C)CNC(=O)N(CCC(=O)O)C(C)C. The van der Waals surface area contributed by atoms with Crippen LogP contribution in [0.2, 0.25) is 0 Å². The summed E-state index contributed by atoms with van der Waals surface area (Å²) in [6, 6.07) is -0.193. The van der Waals surface area contributed by atoms with E-state index in [4.69, 9.17) is 5.11 Å². The molecule has 0 aliphatic heterocycles. The number of carbonyl (C=O) groups is 2. The number of aliphatic carboxylic acids is 1. The van der Waals surface area contributed by atoms with Gasteiger partial charge in [0.15, 0.2) is 0 Å². The second kappa shape index (κ2) is 8.22. The molecule has 0 saturated carbocycles. The lowest BCUT2D eigenvalue weighted by Crippen LogP contribution is -2.46. The van der Waals surface area contributed by atoms with Crippen LogP contribution in [0.5, 0.6) is 0 Å². The number of nitrogens with zero attached hydrogens (tertiary/aromatic N) is 1. The number of carbonyl (C=O) groups excluding carboxylic acids is 1. The molecule has 0 spiro atoms. The van der Waals surface area contributed by atoms with Gasteiger partial charge in [0.25, 0.3) is 0 Å². The van der Waals surface area contributed by atoms with E-state index in [9.17, 15) is 9.59 Å². The predicted molar refractivity (Wildman–Crippen MR) is 70.5 cm³/mol. The zero-order chi connectivity index (χ0) is 13.4. The van der Waals surface area contributed by atoms with Gasteiger partial charge in [0, 0.05) is 24.4 Å². The van der Waals surface area contributed by atoms with E-state index >= 15 is 0 Å². The Morgan fingerprint density at radius 1 is 1.35 bits per heavy atom. The van der Waals surface area contributed by atoms with Gasteiger partial charge < -0.3 is 15.3 Å². The lowest BCUT2D eigenvalue weighted by molar-refractivity contribution is -0.137. The van der Waals surface area contributed by atoms with Crippen molar-refractivity contribution in [1.82, 2.24) is 10.2 Å². The van der Waals surface area contributed by atoms with Crippen LogP contribution < -0.4 is 5.32 Å². The van der Waals surface area contributed by atoms with Crippen LogP contribution in [0.4, 0.5) is 4.79 Å². The third-order valence-corrected chi connectivity index (χ3v) is 3.37. The van der Waals surface area contributed by atoms with Gasteiger partial charge in [-0.2, -0.15) is 11.8 Å². The number of amides is 2. The lowest BCUT2D eigenvalue weighted by Gasteiger charge is -2.27. The molecule has 0 rings (SSSR count). The summed E-state index contributed by atoms with van der Waals surface area (Å²) in [4.78, 5) is 23.9. The van der Waals surface area contributed by atoms with E-state index in [-0.39, 0.29) is 25.0 Å². The molecule has 0 heterocycles. The van der Waals surface area contributed by atoms with Crippen LogP contribution >= 0.6 is 11.8 Å². The van der Waals surface area contributed by atoms with Crippen molar-refractivity contribution in [2.45, 2.75) is 38.5 Å². The first-order valence-corrected chi connectivity index (χ1v) is 6.96. The highest BCUT2D eigenvalue weighted by molar-refractivity contribution is 7.99. The minimum atomic E-state index is -0.888. The van der Waals surface area contributed by atoms with Gasteiger partial charge in [-0.05, 0) is 20.1 Å². The van der Waals surface area contributed by atoms with Crippen molar-refractivity contribution in [2.24, 2.45) is 0 Å². The standard InChI is InChI=1S/C11H22N2O3S/c1-8(2)13(6-5-10(14)15)11(16)12-7-9(3)17-4/h8-9H,5-7H2,1-4H3,(H,12,16)(H,14,15). The lowest BCUT2D eigenvalue weighted by atomic mass is 10.3. The minimum Gasteiger partial charge on any atom is -0.481 e. The quantitative estimate of drug-likeness (QED) is 0.731. The summed E-state index contributed by atoms with van der Waals surface area (Å²) in [7, 11) is 0. The van der Waals surface area contributed by atoms with Crippen molar-refractivity contribution in [3.63, 3.8) is 0 Å². The van der Waals surface area contributed by atoms with E-state index < -0.39 is 5.97 Å². The maximum atomic E-state index is 11.8. The van der Waals surface area contributed by atoms with Crippen molar-refractivity contribution in [2.75, 3.05) is 19.3 Å². The summed E-state index contributed by atoms with van der Waals surface area (Å²) in [6.07, 6.45) is 1.96. The second-order valence-electron chi connectivity index (χ2n) is 4.16. The first-order chi connectivity index (χ1) is 7.88. The maximum Gasteiger partial charge on any atom is 0.317 e. The zero-order valence-electron chi connectivity index (χ0n) is 10.9. The van der Waals surface area contributed by atoms with Gasteiger partial charge in [-0.1, -0.05) is 6.92 Å². The summed E-state index contributed by atoms with van der Waals surface area (Å²) in [5, 5.41) is 11.8. The van der Waals surface area contributed by atoms with Gasteiger partial charge >= 0.3 is 12.0 Å². The molecule has 1 atom stereocenters. The van der Waals surface area contributed by atoms with Crippen molar-refractivity contribution >= 4 is 23.8 Å². The smallest absolute Gasteiger partial charge is 0.317 e. The molecule has 0 aromatic heterocycles. The fourth-order valence-corrected chi connectivity index (χ4v) is 1.48. The average molecular weight is 262 g/mol. The van der Waals surface area contributed by atoms with E-state index in [1.165, 1.54) is 0 Å². The highest BCUT2D eigenvalue weighted by Crippen LogP contribution is 2.04.